The number of anilines is 3. The zero-order chi connectivity index (χ0) is 18.5. The maximum Gasteiger partial charge on any atom is 0.301 e. The lowest BCUT2D eigenvalue weighted by atomic mass is 10.2. The van der Waals surface area contributed by atoms with Gasteiger partial charge in [0.2, 0.25) is 5.69 Å². The van der Waals surface area contributed by atoms with Crippen molar-refractivity contribution in [2.45, 2.75) is 0 Å². The van der Waals surface area contributed by atoms with Crippen molar-refractivity contribution < 1.29 is 9.85 Å². The minimum atomic E-state index is -0.649. The molecule has 3 aromatic carbocycles. The quantitative estimate of drug-likeness (QED) is 0.512. The van der Waals surface area contributed by atoms with Crippen molar-refractivity contribution in [1.82, 2.24) is 0 Å². The molecule has 0 heterocycles. The molecular weight excluding hydrogens is 336 g/mol. The standard InChI is InChI=1S/C18H14N4O4/c23-21(24)16-12-7-13-17(22(25)26)18(16)19-20(14-8-3-1-4-9-14)15-10-5-2-6-11-15/h1-13,19H. The van der Waals surface area contributed by atoms with E-state index in [2.05, 4.69) is 5.43 Å². The van der Waals surface area contributed by atoms with Gasteiger partial charge in [-0.25, -0.2) is 0 Å². The highest BCUT2D eigenvalue weighted by molar-refractivity contribution is 5.78. The van der Waals surface area contributed by atoms with Crippen LogP contribution in [-0.4, -0.2) is 9.85 Å². The summed E-state index contributed by atoms with van der Waals surface area (Å²) in [4.78, 5) is 21.5. The van der Waals surface area contributed by atoms with Crippen LogP contribution >= 0.6 is 0 Å². The highest BCUT2D eigenvalue weighted by Gasteiger charge is 2.27. The molecule has 0 aliphatic rings. The monoisotopic (exact) mass is 350 g/mol. The average molecular weight is 350 g/mol. The Balaban J connectivity index is 2.14. The number of hydrogen-bond donors (Lipinski definition) is 1. The first-order valence-electron chi connectivity index (χ1n) is 7.66. The molecule has 26 heavy (non-hydrogen) atoms. The first kappa shape index (κ1) is 16.9. The number of nitro benzene ring substituents is 2. The van der Waals surface area contributed by atoms with Gasteiger partial charge in [-0.1, -0.05) is 36.4 Å². The lowest BCUT2D eigenvalue weighted by molar-refractivity contribution is -0.392. The topological polar surface area (TPSA) is 102 Å². The summed E-state index contributed by atoms with van der Waals surface area (Å²) < 4.78 is 0. The summed E-state index contributed by atoms with van der Waals surface area (Å²) >= 11 is 0. The lowest BCUT2D eigenvalue weighted by Crippen LogP contribution is -2.25. The van der Waals surface area contributed by atoms with E-state index in [1.165, 1.54) is 18.2 Å². The predicted molar refractivity (Wildman–Crippen MR) is 98.4 cm³/mol. The number of hydrogen-bond acceptors (Lipinski definition) is 6. The Morgan fingerprint density at radius 1 is 0.654 bits per heavy atom. The molecule has 8 heteroatoms. The average Bonchev–Trinajstić information content (AvgIpc) is 2.67. The summed E-state index contributed by atoms with van der Waals surface area (Å²) in [5.74, 6) is 0. The van der Waals surface area contributed by atoms with Crippen LogP contribution in [0.5, 0.6) is 0 Å². The van der Waals surface area contributed by atoms with Crippen LogP contribution in [0.15, 0.2) is 78.9 Å². The maximum atomic E-state index is 11.4. The molecule has 0 aromatic heterocycles. The van der Waals surface area contributed by atoms with E-state index in [1.807, 2.05) is 12.1 Å². The van der Waals surface area contributed by atoms with Gasteiger partial charge in [0, 0.05) is 12.1 Å². The first-order chi connectivity index (χ1) is 12.6. The van der Waals surface area contributed by atoms with Gasteiger partial charge in [0.1, 0.15) is 0 Å². The fraction of sp³-hybridized carbons (Fsp3) is 0. The molecule has 0 aliphatic heterocycles. The zero-order valence-corrected chi connectivity index (χ0v) is 13.5. The number of nitrogens with zero attached hydrogens (tertiary/aromatic N) is 3. The van der Waals surface area contributed by atoms with E-state index in [9.17, 15) is 20.2 Å². The number of benzene rings is 3. The summed E-state index contributed by atoms with van der Waals surface area (Å²) in [6.45, 7) is 0. The van der Waals surface area contributed by atoms with Crippen molar-refractivity contribution in [3.63, 3.8) is 0 Å². The third-order valence-electron chi connectivity index (χ3n) is 3.67. The fourth-order valence-corrected chi connectivity index (χ4v) is 2.49. The highest BCUT2D eigenvalue weighted by atomic mass is 16.6. The largest absolute Gasteiger partial charge is 0.301 e. The van der Waals surface area contributed by atoms with Crippen LogP contribution in [0.1, 0.15) is 0 Å². The van der Waals surface area contributed by atoms with E-state index in [0.717, 1.165) is 0 Å². The molecule has 0 amide bonds. The van der Waals surface area contributed by atoms with E-state index < -0.39 is 9.85 Å². The summed E-state index contributed by atoms with van der Waals surface area (Å²) in [5, 5.41) is 24.3. The highest BCUT2D eigenvalue weighted by Crippen LogP contribution is 2.36. The molecule has 3 rings (SSSR count). The van der Waals surface area contributed by atoms with E-state index >= 15 is 0 Å². The Labute approximate surface area is 148 Å². The van der Waals surface area contributed by atoms with Crippen LogP contribution in [-0.2, 0) is 0 Å². The predicted octanol–water partition coefficient (Wildman–Crippen LogP) is 4.67. The molecular formula is C18H14N4O4. The van der Waals surface area contributed by atoms with Crippen molar-refractivity contribution >= 4 is 28.4 Å². The van der Waals surface area contributed by atoms with Gasteiger partial charge < -0.3 is 0 Å². The smallest absolute Gasteiger partial charge is 0.282 e. The maximum absolute atomic E-state index is 11.4. The normalized spacial score (nSPS) is 10.2. The number of hydrazine groups is 1. The number of para-hydroxylation sites is 3. The number of rotatable bonds is 6. The zero-order valence-electron chi connectivity index (χ0n) is 13.5. The fourth-order valence-electron chi connectivity index (χ4n) is 2.49. The molecule has 0 saturated carbocycles. The Morgan fingerprint density at radius 2 is 1.08 bits per heavy atom. The van der Waals surface area contributed by atoms with E-state index in [0.29, 0.717) is 11.4 Å². The summed E-state index contributed by atoms with van der Waals surface area (Å²) in [7, 11) is 0. The van der Waals surface area contributed by atoms with E-state index in [4.69, 9.17) is 0 Å². The van der Waals surface area contributed by atoms with Crippen molar-refractivity contribution in [1.29, 1.82) is 0 Å². The Morgan fingerprint density at radius 3 is 1.46 bits per heavy atom. The van der Waals surface area contributed by atoms with Gasteiger partial charge in [0.25, 0.3) is 0 Å². The molecule has 0 atom stereocenters. The van der Waals surface area contributed by atoms with Crippen LogP contribution in [0.3, 0.4) is 0 Å². The molecule has 0 fully saturated rings. The summed E-state index contributed by atoms with van der Waals surface area (Å²) in [6.07, 6.45) is 0. The third kappa shape index (κ3) is 3.44. The first-order valence-corrected chi connectivity index (χ1v) is 7.66. The van der Waals surface area contributed by atoms with Gasteiger partial charge in [-0.2, -0.15) is 0 Å². The van der Waals surface area contributed by atoms with Crippen LogP contribution in [0.2, 0.25) is 0 Å². The van der Waals surface area contributed by atoms with Crippen LogP contribution in [0.25, 0.3) is 0 Å². The van der Waals surface area contributed by atoms with Gasteiger partial charge >= 0.3 is 11.4 Å². The molecule has 0 aliphatic carbocycles. The Bertz CT molecular complexity index is 861. The van der Waals surface area contributed by atoms with Crippen molar-refractivity contribution in [3.8, 4) is 0 Å². The second-order valence-corrected chi connectivity index (χ2v) is 5.30. The van der Waals surface area contributed by atoms with Crippen molar-refractivity contribution in [2.24, 2.45) is 0 Å². The molecule has 0 bridgehead atoms. The molecule has 0 unspecified atom stereocenters. The summed E-state index contributed by atoms with van der Waals surface area (Å²) in [6, 6.07) is 21.8. The third-order valence-corrected chi connectivity index (χ3v) is 3.67. The van der Waals surface area contributed by atoms with Crippen molar-refractivity contribution in [2.75, 3.05) is 10.4 Å². The summed E-state index contributed by atoms with van der Waals surface area (Å²) in [5.41, 5.74) is 3.26. The molecule has 0 radical (unpaired) electrons. The van der Waals surface area contributed by atoms with Gasteiger partial charge in [0.15, 0.2) is 0 Å². The molecule has 0 saturated heterocycles. The van der Waals surface area contributed by atoms with E-state index in [-0.39, 0.29) is 17.1 Å². The van der Waals surface area contributed by atoms with Gasteiger partial charge in [-0.3, -0.25) is 30.7 Å². The van der Waals surface area contributed by atoms with Gasteiger partial charge in [-0.05, 0) is 30.3 Å². The molecule has 8 nitrogen and oxygen atoms in total. The minimum absolute atomic E-state index is 0.185. The van der Waals surface area contributed by atoms with Gasteiger partial charge in [0.05, 0.1) is 21.2 Å². The SMILES string of the molecule is O=[N+]([O-])c1cccc([N+](=O)[O-])c1NN(c1ccccc1)c1ccccc1. The minimum Gasteiger partial charge on any atom is -0.282 e. The molecule has 0 spiro atoms. The Hall–Kier alpha value is -3.94. The second-order valence-electron chi connectivity index (χ2n) is 5.30. The Kier molecular flexibility index (Phi) is 4.75. The second kappa shape index (κ2) is 7.31. The van der Waals surface area contributed by atoms with Crippen molar-refractivity contribution in [3.05, 3.63) is 99.1 Å². The molecule has 130 valence electrons. The number of nitro groups is 2. The van der Waals surface area contributed by atoms with E-state index in [1.54, 1.807) is 53.5 Å². The van der Waals surface area contributed by atoms with Crippen LogP contribution in [0, 0.1) is 20.2 Å². The van der Waals surface area contributed by atoms with Crippen LogP contribution < -0.4 is 10.4 Å². The molecule has 3 aromatic rings. The molecule has 1 N–H and O–H groups in total. The van der Waals surface area contributed by atoms with Gasteiger partial charge in [-0.15, -0.1) is 0 Å². The number of nitrogens with one attached hydrogen (secondary N) is 1. The lowest BCUT2D eigenvalue weighted by Gasteiger charge is -2.26. The van der Waals surface area contributed by atoms with Crippen LogP contribution in [0.4, 0.5) is 28.4 Å².